The highest BCUT2D eigenvalue weighted by atomic mass is 16.5. The molecule has 0 aliphatic heterocycles. The van der Waals surface area contributed by atoms with Gasteiger partial charge in [0.2, 0.25) is 0 Å². The molecule has 0 aliphatic rings. The van der Waals surface area contributed by atoms with E-state index in [1.165, 1.54) is 12.3 Å². The van der Waals surface area contributed by atoms with E-state index >= 15 is 0 Å². The van der Waals surface area contributed by atoms with Crippen molar-refractivity contribution in [3.63, 3.8) is 0 Å². The quantitative estimate of drug-likeness (QED) is 0.336. The summed E-state index contributed by atoms with van der Waals surface area (Å²) in [4.78, 5) is 21.6. The van der Waals surface area contributed by atoms with E-state index in [1.54, 1.807) is 6.07 Å². The lowest BCUT2D eigenvalue weighted by atomic mass is 10.3. The first-order valence-corrected chi connectivity index (χ1v) is 3.72. The van der Waals surface area contributed by atoms with Gasteiger partial charge in [-0.1, -0.05) is 0 Å². The van der Waals surface area contributed by atoms with Crippen LogP contribution in [0, 0.1) is 0 Å². The Bertz CT molecular complexity index is 361. The van der Waals surface area contributed by atoms with Gasteiger partial charge in [0.1, 0.15) is 0 Å². The number of ketones is 1. The van der Waals surface area contributed by atoms with Crippen LogP contribution in [0.25, 0.3) is 5.76 Å². The number of esters is 1. The summed E-state index contributed by atoms with van der Waals surface area (Å²) in [5, 5.41) is 9.26. The average Bonchev–Trinajstić information content (AvgIpc) is 2.69. The van der Waals surface area contributed by atoms with Crippen molar-refractivity contribution in [2.24, 2.45) is 0 Å². The van der Waals surface area contributed by atoms with Crippen molar-refractivity contribution in [1.29, 1.82) is 0 Å². The molecule has 14 heavy (non-hydrogen) atoms. The molecule has 0 unspecified atom stereocenters. The van der Waals surface area contributed by atoms with Crippen LogP contribution < -0.4 is 0 Å². The van der Waals surface area contributed by atoms with E-state index in [0.29, 0.717) is 0 Å². The number of methoxy groups -OCH3 is 1. The zero-order valence-electron chi connectivity index (χ0n) is 7.39. The maximum atomic E-state index is 10.9. The molecule has 74 valence electrons. The topological polar surface area (TPSA) is 76.7 Å². The fourth-order valence-electron chi connectivity index (χ4n) is 0.779. The van der Waals surface area contributed by atoms with Crippen molar-refractivity contribution >= 4 is 17.5 Å². The molecule has 0 amide bonds. The molecule has 5 nitrogen and oxygen atoms in total. The molecule has 1 rings (SSSR count). The van der Waals surface area contributed by atoms with Crippen LogP contribution in [0.15, 0.2) is 28.9 Å². The molecule has 0 spiro atoms. The Hall–Kier alpha value is -2.04. The van der Waals surface area contributed by atoms with Crippen LogP contribution in [0.1, 0.15) is 5.76 Å². The van der Waals surface area contributed by atoms with Crippen LogP contribution in [0.5, 0.6) is 0 Å². The van der Waals surface area contributed by atoms with Crippen molar-refractivity contribution in [1.82, 2.24) is 0 Å². The summed E-state index contributed by atoms with van der Waals surface area (Å²) in [6, 6.07) is 3.00. The Kier molecular flexibility index (Phi) is 3.06. The van der Waals surface area contributed by atoms with Crippen LogP contribution in [0.2, 0.25) is 0 Å². The van der Waals surface area contributed by atoms with E-state index in [0.717, 1.165) is 13.2 Å². The van der Waals surface area contributed by atoms with Gasteiger partial charge in [0, 0.05) is 6.08 Å². The van der Waals surface area contributed by atoms with Gasteiger partial charge in [0.05, 0.1) is 13.4 Å². The minimum atomic E-state index is -1.04. The van der Waals surface area contributed by atoms with Crippen molar-refractivity contribution < 1.29 is 23.8 Å². The molecule has 1 N–H and O–H groups in total. The lowest BCUT2D eigenvalue weighted by Crippen LogP contribution is -2.12. The Morgan fingerprint density at radius 3 is 2.79 bits per heavy atom. The first kappa shape index (κ1) is 10.0. The number of carbonyl (C=O) groups is 2. The number of hydrogen-bond acceptors (Lipinski definition) is 5. The number of carbonyl (C=O) groups excluding carboxylic acids is 2. The van der Waals surface area contributed by atoms with E-state index in [-0.39, 0.29) is 5.76 Å². The minimum Gasteiger partial charge on any atom is -0.504 e. The third kappa shape index (κ3) is 2.22. The number of aliphatic hydroxyl groups is 1. The molecule has 1 aromatic rings. The van der Waals surface area contributed by atoms with Gasteiger partial charge in [-0.3, -0.25) is 4.79 Å². The SMILES string of the molecule is COC(=O)C(=O)/C=C(/O)c1ccco1. The van der Waals surface area contributed by atoms with E-state index in [4.69, 9.17) is 4.42 Å². The van der Waals surface area contributed by atoms with Gasteiger partial charge >= 0.3 is 5.97 Å². The molecule has 0 radical (unpaired) electrons. The Morgan fingerprint density at radius 2 is 2.29 bits per heavy atom. The summed E-state index contributed by atoms with van der Waals surface area (Å²) in [6.07, 6.45) is 2.08. The standard InChI is InChI=1S/C9H8O5/c1-13-9(12)7(11)5-6(10)8-3-2-4-14-8/h2-5,10H,1H3/b6-5+. The molecule has 0 saturated carbocycles. The Balaban J connectivity index is 2.79. The van der Waals surface area contributed by atoms with E-state index in [1.807, 2.05) is 0 Å². The molecule has 0 fully saturated rings. The number of ether oxygens (including phenoxy) is 1. The van der Waals surface area contributed by atoms with Gasteiger partial charge in [0.15, 0.2) is 11.5 Å². The normalized spacial score (nSPS) is 11.1. The molecular formula is C9H8O5. The van der Waals surface area contributed by atoms with Crippen molar-refractivity contribution in [3.05, 3.63) is 30.2 Å². The predicted molar refractivity (Wildman–Crippen MR) is 46.3 cm³/mol. The first-order valence-electron chi connectivity index (χ1n) is 3.72. The first-order chi connectivity index (χ1) is 6.65. The maximum Gasteiger partial charge on any atom is 0.378 e. The predicted octanol–water partition coefficient (Wildman–Crippen LogP) is 0.921. The Labute approximate surface area is 79.6 Å². The highest BCUT2D eigenvalue weighted by Crippen LogP contribution is 2.10. The van der Waals surface area contributed by atoms with Crippen LogP contribution in [-0.2, 0) is 14.3 Å². The maximum absolute atomic E-state index is 10.9. The summed E-state index contributed by atoms with van der Waals surface area (Å²) in [5.74, 6) is -2.28. The third-order valence-corrected chi connectivity index (χ3v) is 1.43. The second-order valence-corrected chi connectivity index (χ2v) is 2.36. The van der Waals surface area contributed by atoms with Crippen molar-refractivity contribution in [2.45, 2.75) is 0 Å². The largest absolute Gasteiger partial charge is 0.504 e. The zero-order valence-corrected chi connectivity index (χ0v) is 7.39. The zero-order chi connectivity index (χ0) is 10.6. The molecule has 1 aromatic heterocycles. The van der Waals surface area contributed by atoms with Crippen LogP contribution in [-0.4, -0.2) is 24.0 Å². The molecule has 1 heterocycles. The second-order valence-electron chi connectivity index (χ2n) is 2.36. The van der Waals surface area contributed by atoms with Crippen molar-refractivity contribution in [2.75, 3.05) is 7.11 Å². The fraction of sp³-hybridized carbons (Fsp3) is 0.111. The minimum absolute atomic E-state index is 0.113. The molecular weight excluding hydrogens is 188 g/mol. The van der Waals surface area contributed by atoms with Gasteiger partial charge in [-0.2, -0.15) is 0 Å². The molecule has 5 heteroatoms. The molecule has 0 bridgehead atoms. The molecule has 0 aromatic carbocycles. The molecule has 0 atom stereocenters. The monoisotopic (exact) mass is 196 g/mol. The van der Waals surface area contributed by atoms with Gasteiger partial charge in [-0.25, -0.2) is 4.79 Å². The van der Waals surface area contributed by atoms with E-state index in [9.17, 15) is 14.7 Å². The molecule has 0 aliphatic carbocycles. The van der Waals surface area contributed by atoms with Gasteiger partial charge < -0.3 is 14.3 Å². The van der Waals surface area contributed by atoms with E-state index < -0.39 is 17.5 Å². The van der Waals surface area contributed by atoms with Crippen LogP contribution >= 0.6 is 0 Å². The van der Waals surface area contributed by atoms with Gasteiger partial charge in [-0.15, -0.1) is 0 Å². The third-order valence-electron chi connectivity index (χ3n) is 1.43. The Morgan fingerprint density at radius 1 is 1.57 bits per heavy atom. The summed E-state index contributed by atoms with van der Waals surface area (Å²) in [6.45, 7) is 0. The average molecular weight is 196 g/mol. The number of rotatable bonds is 3. The summed E-state index contributed by atoms with van der Waals surface area (Å²) in [5.41, 5.74) is 0. The van der Waals surface area contributed by atoms with Gasteiger partial charge in [-0.05, 0) is 12.1 Å². The smallest absolute Gasteiger partial charge is 0.378 e. The highest BCUT2D eigenvalue weighted by molar-refractivity contribution is 6.39. The summed E-state index contributed by atoms with van der Waals surface area (Å²) < 4.78 is 8.94. The second kappa shape index (κ2) is 4.27. The lowest BCUT2D eigenvalue weighted by molar-refractivity contribution is -0.149. The molecule has 0 saturated heterocycles. The summed E-state index contributed by atoms with van der Waals surface area (Å²) >= 11 is 0. The van der Waals surface area contributed by atoms with Crippen LogP contribution in [0.4, 0.5) is 0 Å². The summed E-state index contributed by atoms with van der Waals surface area (Å²) in [7, 11) is 1.08. The number of aliphatic hydroxyl groups excluding tert-OH is 1. The fourth-order valence-corrected chi connectivity index (χ4v) is 0.779. The highest BCUT2D eigenvalue weighted by Gasteiger charge is 2.13. The van der Waals surface area contributed by atoms with Gasteiger partial charge in [0.25, 0.3) is 5.78 Å². The number of furan rings is 1. The number of hydrogen-bond donors (Lipinski definition) is 1. The van der Waals surface area contributed by atoms with E-state index in [2.05, 4.69) is 4.74 Å². The lowest BCUT2D eigenvalue weighted by Gasteiger charge is -1.94. The van der Waals surface area contributed by atoms with Crippen LogP contribution in [0.3, 0.4) is 0 Å². The van der Waals surface area contributed by atoms with Crippen molar-refractivity contribution in [3.8, 4) is 0 Å².